The minimum Gasteiger partial charge on any atom is -0.396 e. The first kappa shape index (κ1) is 14.4. The molecule has 108 valence electrons. The molecule has 0 aliphatic carbocycles. The molecule has 0 amide bonds. The SMILES string of the molecule is OCCCn1cc(CNCCC2CCCCO2)nn1. The Morgan fingerprint density at radius 2 is 2.42 bits per heavy atom. The van der Waals surface area contributed by atoms with Gasteiger partial charge in [-0.3, -0.25) is 4.68 Å². The van der Waals surface area contributed by atoms with Gasteiger partial charge in [-0.15, -0.1) is 5.10 Å². The number of aromatic nitrogens is 3. The van der Waals surface area contributed by atoms with Crippen LogP contribution in [-0.2, 0) is 17.8 Å². The Morgan fingerprint density at radius 3 is 3.21 bits per heavy atom. The van der Waals surface area contributed by atoms with Crippen molar-refractivity contribution >= 4 is 0 Å². The smallest absolute Gasteiger partial charge is 0.0964 e. The minimum atomic E-state index is 0.189. The van der Waals surface area contributed by atoms with Crippen LogP contribution in [0.25, 0.3) is 0 Å². The first-order chi connectivity index (χ1) is 9.38. The van der Waals surface area contributed by atoms with E-state index in [1.165, 1.54) is 19.3 Å². The van der Waals surface area contributed by atoms with Gasteiger partial charge in [-0.2, -0.15) is 0 Å². The summed E-state index contributed by atoms with van der Waals surface area (Å²) in [5.74, 6) is 0. The predicted molar refractivity (Wildman–Crippen MR) is 71.6 cm³/mol. The summed E-state index contributed by atoms with van der Waals surface area (Å²) < 4.78 is 7.46. The lowest BCUT2D eigenvalue weighted by Gasteiger charge is -2.22. The van der Waals surface area contributed by atoms with E-state index in [1.54, 1.807) is 4.68 Å². The summed E-state index contributed by atoms with van der Waals surface area (Å²) in [6.07, 6.45) is 7.85. The number of aliphatic hydroxyl groups excluding tert-OH is 1. The lowest BCUT2D eigenvalue weighted by atomic mass is 10.1. The number of nitrogens with zero attached hydrogens (tertiary/aromatic N) is 3. The maximum atomic E-state index is 8.75. The van der Waals surface area contributed by atoms with Gasteiger partial charge in [0.15, 0.2) is 0 Å². The normalized spacial score (nSPS) is 19.7. The molecule has 6 heteroatoms. The number of aliphatic hydroxyl groups is 1. The second-order valence-electron chi connectivity index (χ2n) is 5.00. The van der Waals surface area contributed by atoms with Crippen LogP contribution in [0.5, 0.6) is 0 Å². The molecule has 1 atom stereocenters. The van der Waals surface area contributed by atoms with Crippen LogP contribution >= 0.6 is 0 Å². The van der Waals surface area contributed by atoms with E-state index in [4.69, 9.17) is 9.84 Å². The molecule has 2 N–H and O–H groups in total. The van der Waals surface area contributed by atoms with Gasteiger partial charge in [-0.05, 0) is 38.6 Å². The summed E-state index contributed by atoms with van der Waals surface area (Å²) in [6.45, 7) is 3.53. The molecule has 0 saturated carbocycles. The number of hydrogen-bond donors (Lipinski definition) is 2. The summed E-state index contributed by atoms with van der Waals surface area (Å²) in [5, 5.41) is 20.2. The summed E-state index contributed by atoms with van der Waals surface area (Å²) in [6, 6.07) is 0. The number of hydrogen-bond acceptors (Lipinski definition) is 5. The summed E-state index contributed by atoms with van der Waals surface area (Å²) in [5.41, 5.74) is 0.947. The van der Waals surface area contributed by atoms with Crippen LogP contribution in [0.4, 0.5) is 0 Å². The van der Waals surface area contributed by atoms with E-state index < -0.39 is 0 Å². The summed E-state index contributed by atoms with van der Waals surface area (Å²) in [4.78, 5) is 0. The zero-order chi connectivity index (χ0) is 13.3. The van der Waals surface area contributed by atoms with Crippen LogP contribution in [0.1, 0.15) is 37.8 Å². The quantitative estimate of drug-likeness (QED) is 0.679. The molecule has 1 aromatic heterocycles. The maximum absolute atomic E-state index is 8.75. The van der Waals surface area contributed by atoms with Crippen molar-refractivity contribution in [2.24, 2.45) is 0 Å². The van der Waals surface area contributed by atoms with Crippen molar-refractivity contribution in [1.82, 2.24) is 20.3 Å². The van der Waals surface area contributed by atoms with Crippen LogP contribution in [0.15, 0.2) is 6.20 Å². The van der Waals surface area contributed by atoms with Gasteiger partial charge >= 0.3 is 0 Å². The van der Waals surface area contributed by atoms with Gasteiger partial charge in [0.25, 0.3) is 0 Å². The largest absolute Gasteiger partial charge is 0.396 e. The highest BCUT2D eigenvalue weighted by Crippen LogP contribution is 2.14. The molecule has 2 heterocycles. The molecule has 6 nitrogen and oxygen atoms in total. The van der Waals surface area contributed by atoms with Gasteiger partial charge in [0.2, 0.25) is 0 Å². The third-order valence-corrected chi connectivity index (χ3v) is 3.35. The van der Waals surface area contributed by atoms with Crippen molar-refractivity contribution in [1.29, 1.82) is 0 Å². The average Bonchev–Trinajstić information content (AvgIpc) is 2.90. The number of ether oxygens (including phenoxy) is 1. The van der Waals surface area contributed by atoms with Gasteiger partial charge < -0.3 is 15.2 Å². The monoisotopic (exact) mass is 268 g/mol. The molecule has 1 fully saturated rings. The zero-order valence-corrected chi connectivity index (χ0v) is 11.4. The van der Waals surface area contributed by atoms with Crippen molar-refractivity contribution in [3.8, 4) is 0 Å². The summed E-state index contributed by atoms with van der Waals surface area (Å²) in [7, 11) is 0. The lowest BCUT2D eigenvalue weighted by Crippen LogP contribution is -2.25. The molecule has 1 saturated heterocycles. The zero-order valence-electron chi connectivity index (χ0n) is 11.4. The second kappa shape index (κ2) is 8.24. The summed E-state index contributed by atoms with van der Waals surface area (Å²) >= 11 is 0. The standard InChI is InChI=1S/C13H24N4O2/c18-8-3-7-17-11-12(15-16-17)10-14-6-5-13-4-1-2-9-19-13/h11,13-14,18H,1-10H2. The Bertz CT molecular complexity index is 350. The average molecular weight is 268 g/mol. The van der Waals surface area contributed by atoms with Crippen molar-refractivity contribution in [3.63, 3.8) is 0 Å². The molecule has 1 aliphatic heterocycles. The highest BCUT2D eigenvalue weighted by atomic mass is 16.5. The second-order valence-corrected chi connectivity index (χ2v) is 5.00. The minimum absolute atomic E-state index is 0.189. The Morgan fingerprint density at radius 1 is 1.47 bits per heavy atom. The molecule has 0 aromatic carbocycles. The fourth-order valence-corrected chi connectivity index (χ4v) is 2.28. The van der Waals surface area contributed by atoms with Crippen molar-refractivity contribution in [2.45, 2.75) is 51.3 Å². The van der Waals surface area contributed by atoms with E-state index in [2.05, 4.69) is 15.6 Å². The predicted octanol–water partition coefficient (Wildman–Crippen LogP) is 0.709. The molecule has 0 bridgehead atoms. The van der Waals surface area contributed by atoms with Crippen LogP contribution < -0.4 is 5.32 Å². The Hall–Kier alpha value is -0.980. The van der Waals surface area contributed by atoms with Gasteiger partial charge in [-0.1, -0.05) is 5.21 Å². The molecular weight excluding hydrogens is 244 g/mol. The topological polar surface area (TPSA) is 72.2 Å². The Kier molecular flexibility index (Phi) is 6.26. The van der Waals surface area contributed by atoms with Gasteiger partial charge in [0.1, 0.15) is 0 Å². The van der Waals surface area contributed by atoms with E-state index in [0.717, 1.165) is 44.8 Å². The number of rotatable bonds is 8. The fraction of sp³-hybridized carbons (Fsp3) is 0.846. The highest BCUT2D eigenvalue weighted by molar-refractivity contribution is 4.91. The van der Waals surface area contributed by atoms with Crippen molar-refractivity contribution in [3.05, 3.63) is 11.9 Å². The number of nitrogens with one attached hydrogen (secondary N) is 1. The van der Waals surface area contributed by atoms with Crippen molar-refractivity contribution < 1.29 is 9.84 Å². The first-order valence-electron chi connectivity index (χ1n) is 7.20. The molecule has 0 radical (unpaired) electrons. The van der Waals surface area contributed by atoms with Gasteiger partial charge in [0.05, 0.1) is 11.8 Å². The third kappa shape index (κ3) is 5.26. The van der Waals surface area contributed by atoms with Crippen LogP contribution in [0, 0.1) is 0 Å². The Balaban J connectivity index is 1.58. The van der Waals surface area contributed by atoms with Crippen molar-refractivity contribution in [2.75, 3.05) is 19.8 Å². The van der Waals surface area contributed by atoms with E-state index in [1.807, 2.05) is 6.20 Å². The molecule has 2 rings (SSSR count). The maximum Gasteiger partial charge on any atom is 0.0964 e. The Labute approximate surface area is 114 Å². The molecule has 19 heavy (non-hydrogen) atoms. The molecule has 1 aliphatic rings. The molecule has 1 aromatic rings. The third-order valence-electron chi connectivity index (χ3n) is 3.35. The van der Waals surface area contributed by atoms with E-state index in [0.29, 0.717) is 6.10 Å². The van der Waals surface area contributed by atoms with E-state index >= 15 is 0 Å². The molecule has 1 unspecified atom stereocenters. The van der Waals surface area contributed by atoms with Gasteiger partial charge in [0, 0.05) is 32.5 Å². The fourth-order valence-electron chi connectivity index (χ4n) is 2.28. The van der Waals surface area contributed by atoms with Crippen LogP contribution in [0.2, 0.25) is 0 Å². The van der Waals surface area contributed by atoms with E-state index in [-0.39, 0.29) is 6.61 Å². The number of aryl methyl sites for hydroxylation is 1. The molecular formula is C13H24N4O2. The highest BCUT2D eigenvalue weighted by Gasteiger charge is 2.12. The molecule has 0 spiro atoms. The first-order valence-corrected chi connectivity index (χ1v) is 7.20. The van der Waals surface area contributed by atoms with Gasteiger partial charge in [-0.25, -0.2) is 0 Å². The lowest BCUT2D eigenvalue weighted by molar-refractivity contribution is 0.0115. The van der Waals surface area contributed by atoms with E-state index in [9.17, 15) is 0 Å². The van der Waals surface area contributed by atoms with Crippen LogP contribution in [-0.4, -0.2) is 46.0 Å². The van der Waals surface area contributed by atoms with Crippen LogP contribution in [0.3, 0.4) is 0 Å².